The van der Waals surface area contributed by atoms with Crippen LogP contribution in [-0.2, 0) is 5.54 Å². The first kappa shape index (κ1) is 12.5. The van der Waals surface area contributed by atoms with E-state index < -0.39 is 0 Å². The molecular formula is C12H17ClFN. The maximum absolute atomic E-state index is 12.8. The third-order valence-corrected chi connectivity index (χ3v) is 3.10. The van der Waals surface area contributed by atoms with Crippen LogP contribution in [0.15, 0.2) is 24.3 Å². The lowest BCUT2D eigenvalue weighted by atomic mass is 9.84. The van der Waals surface area contributed by atoms with E-state index in [-0.39, 0.29) is 23.8 Å². The van der Waals surface area contributed by atoms with Gasteiger partial charge in [0.1, 0.15) is 5.82 Å². The number of halogens is 2. The van der Waals surface area contributed by atoms with Gasteiger partial charge in [0, 0.05) is 5.54 Å². The van der Waals surface area contributed by atoms with Gasteiger partial charge in [-0.2, -0.15) is 0 Å². The Morgan fingerprint density at radius 3 is 2.40 bits per heavy atom. The highest BCUT2D eigenvalue weighted by atomic mass is 35.5. The highest BCUT2D eigenvalue weighted by Crippen LogP contribution is 2.29. The first-order valence-corrected chi connectivity index (χ1v) is 5.22. The van der Waals surface area contributed by atoms with Gasteiger partial charge in [-0.3, -0.25) is 0 Å². The average Bonchev–Trinajstić information content (AvgIpc) is 2.19. The predicted octanol–water partition coefficient (Wildman–Crippen LogP) is 3.24. The van der Waals surface area contributed by atoms with Crippen LogP contribution in [0.4, 0.5) is 4.39 Å². The summed E-state index contributed by atoms with van der Waals surface area (Å²) in [6.45, 7) is 3.26. The number of hydrogen-bond acceptors (Lipinski definition) is 1. The van der Waals surface area contributed by atoms with E-state index >= 15 is 0 Å². The topological polar surface area (TPSA) is 12.0 Å². The molecule has 0 spiro atoms. The van der Waals surface area contributed by atoms with E-state index in [4.69, 9.17) is 0 Å². The Kier molecular flexibility index (Phi) is 4.12. The van der Waals surface area contributed by atoms with Crippen molar-refractivity contribution in [3.05, 3.63) is 35.6 Å². The van der Waals surface area contributed by atoms with E-state index in [1.54, 1.807) is 0 Å². The Hall–Kier alpha value is -0.600. The van der Waals surface area contributed by atoms with Crippen molar-refractivity contribution in [2.24, 2.45) is 0 Å². The number of rotatable bonds is 1. The van der Waals surface area contributed by atoms with Crippen molar-refractivity contribution in [1.82, 2.24) is 5.32 Å². The lowest BCUT2D eigenvalue weighted by Crippen LogP contribution is -2.43. The molecule has 3 heteroatoms. The Labute approximate surface area is 96.5 Å². The monoisotopic (exact) mass is 229 g/mol. The van der Waals surface area contributed by atoms with Crippen LogP contribution in [0.3, 0.4) is 0 Å². The lowest BCUT2D eigenvalue weighted by Gasteiger charge is -2.35. The zero-order chi connectivity index (χ0) is 10.0. The maximum Gasteiger partial charge on any atom is 0.123 e. The Morgan fingerprint density at radius 2 is 1.87 bits per heavy atom. The van der Waals surface area contributed by atoms with Gasteiger partial charge in [-0.15, -0.1) is 12.4 Å². The summed E-state index contributed by atoms with van der Waals surface area (Å²) >= 11 is 0. The van der Waals surface area contributed by atoms with Gasteiger partial charge < -0.3 is 5.32 Å². The zero-order valence-electron chi connectivity index (χ0n) is 8.92. The fourth-order valence-electron chi connectivity index (χ4n) is 2.12. The molecule has 0 aromatic heterocycles. The molecule has 0 saturated carbocycles. The smallest absolute Gasteiger partial charge is 0.123 e. The molecule has 1 nitrogen and oxygen atoms in total. The van der Waals surface area contributed by atoms with Crippen LogP contribution in [0.2, 0.25) is 0 Å². The highest BCUT2D eigenvalue weighted by molar-refractivity contribution is 5.85. The summed E-state index contributed by atoms with van der Waals surface area (Å²) in [6.07, 6.45) is 3.64. The van der Waals surface area contributed by atoms with Gasteiger partial charge in [-0.25, -0.2) is 4.39 Å². The van der Waals surface area contributed by atoms with Crippen LogP contribution in [0.25, 0.3) is 0 Å². The molecule has 84 valence electrons. The third-order valence-electron chi connectivity index (χ3n) is 3.10. The molecule has 1 aliphatic heterocycles. The summed E-state index contributed by atoms with van der Waals surface area (Å²) in [6, 6.07) is 6.84. The Balaban J connectivity index is 0.00000112. The van der Waals surface area contributed by atoms with Crippen LogP contribution in [0.1, 0.15) is 31.7 Å². The average molecular weight is 230 g/mol. The molecule has 15 heavy (non-hydrogen) atoms. The van der Waals surface area contributed by atoms with E-state index in [0.717, 1.165) is 13.0 Å². The zero-order valence-corrected chi connectivity index (χ0v) is 9.74. The molecule has 1 aromatic carbocycles. The number of nitrogens with one attached hydrogen (secondary N) is 1. The normalized spacial score (nSPS) is 25.7. The van der Waals surface area contributed by atoms with Gasteiger partial charge in [-0.05, 0) is 44.0 Å². The van der Waals surface area contributed by atoms with Gasteiger partial charge in [-0.1, -0.05) is 18.6 Å². The van der Waals surface area contributed by atoms with Gasteiger partial charge >= 0.3 is 0 Å². The third kappa shape index (κ3) is 2.70. The fraction of sp³-hybridized carbons (Fsp3) is 0.500. The van der Waals surface area contributed by atoms with E-state index in [0.29, 0.717) is 0 Å². The first-order valence-electron chi connectivity index (χ1n) is 5.22. The molecular weight excluding hydrogens is 213 g/mol. The van der Waals surface area contributed by atoms with Crippen molar-refractivity contribution >= 4 is 12.4 Å². The molecule has 1 aliphatic rings. The van der Waals surface area contributed by atoms with Crippen LogP contribution in [0, 0.1) is 5.82 Å². The van der Waals surface area contributed by atoms with Gasteiger partial charge in [0.25, 0.3) is 0 Å². The Bertz CT molecular complexity index is 304. The lowest BCUT2D eigenvalue weighted by molar-refractivity contribution is 0.283. The molecule has 1 atom stereocenters. The van der Waals surface area contributed by atoms with Gasteiger partial charge in [0.2, 0.25) is 0 Å². The molecule has 0 bridgehead atoms. The number of hydrogen-bond donors (Lipinski definition) is 1. The van der Waals surface area contributed by atoms with Crippen molar-refractivity contribution in [3.63, 3.8) is 0 Å². The summed E-state index contributed by atoms with van der Waals surface area (Å²) in [4.78, 5) is 0. The summed E-state index contributed by atoms with van der Waals surface area (Å²) in [5.41, 5.74) is 1.24. The fourth-order valence-corrected chi connectivity index (χ4v) is 2.12. The first-order chi connectivity index (χ1) is 6.71. The quantitative estimate of drug-likeness (QED) is 0.780. The van der Waals surface area contributed by atoms with Crippen molar-refractivity contribution < 1.29 is 4.39 Å². The molecule has 0 amide bonds. The van der Waals surface area contributed by atoms with E-state index in [1.165, 1.54) is 30.5 Å². The van der Waals surface area contributed by atoms with Gasteiger partial charge in [0.05, 0.1) is 0 Å². The largest absolute Gasteiger partial charge is 0.308 e. The summed E-state index contributed by atoms with van der Waals surface area (Å²) in [5.74, 6) is -0.159. The number of benzene rings is 1. The summed E-state index contributed by atoms with van der Waals surface area (Å²) < 4.78 is 12.8. The minimum absolute atomic E-state index is 0. The van der Waals surface area contributed by atoms with Crippen LogP contribution >= 0.6 is 12.4 Å². The second kappa shape index (κ2) is 4.95. The van der Waals surface area contributed by atoms with Crippen LogP contribution in [0.5, 0.6) is 0 Å². The minimum atomic E-state index is -0.159. The molecule has 1 aromatic rings. The van der Waals surface area contributed by atoms with E-state index in [1.807, 2.05) is 12.1 Å². The number of piperidine rings is 1. The Morgan fingerprint density at radius 1 is 1.20 bits per heavy atom. The second-order valence-electron chi connectivity index (χ2n) is 4.22. The molecule has 1 fully saturated rings. The minimum Gasteiger partial charge on any atom is -0.308 e. The van der Waals surface area contributed by atoms with E-state index in [2.05, 4.69) is 12.2 Å². The van der Waals surface area contributed by atoms with Crippen molar-refractivity contribution in [3.8, 4) is 0 Å². The molecule has 1 N–H and O–H groups in total. The van der Waals surface area contributed by atoms with Crippen molar-refractivity contribution in [1.29, 1.82) is 0 Å². The van der Waals surface area contributed by atoms with Crippen molar-refractivity contribution in [2.75, 3.05) is 6.54 Å². The molecule has 1 heterocycles. The molecule has 1 unspecified atom stereocenters. The summed E-state index contributed by atoms with van der Waals surface area (Å²) in [5, 5.41) is 3.51. The second-order valence-corrected chi connectivity index (χ2v) is 4.22. The van der Waals surface area contributed by atoms with E-state index in [9.17, 15) is 4.39 Å². The maximum atomic E-state index is 12.8. The standard InChI is InChI=1S/C12H16FN.ClH/c1-12(8-2-3-9-14-12)10-4-6-11(13)7-5-10;/h4-7,14H,2-3,8-9H2,1H3;1H. The van der Waals surface area contributed by atoms with Gasteiger partial charge in [0.15, 0.2) is 0 Å². The summed E-state index contributed by atoms with van der Waals surface area (Å²) in [7, 11) is 0. The predicted molar refractivity (Wildman–Crippen MR) is 62.9 cm³/mol. The van der Waals surface area contributed by atoms with Crippen molar-refractivity contribution in [2.45, 2.75) is 31.7 Å². The molecule has 1 saturated heterocycles. The molecule has 0 aliphatic carbocycles. The SMILES string of the molecule is CC1(c2ccc(F)cc2)CCCCN1.Cl. The highest BCUT2D eigenvalue weighted by Gasteiger charge is 2.27. The molecule has 2 rings (SSSR count). The molecule has 0 radical (unpaired) electrons. The van der Waals surface area contributed by atoms with Crippen LogP contribution in [-0.4, -0.2) is 6.54 Å². The van der Waals surface area contributed by atoms with Crippen LogP contribution < -0.4 is 5.32 Å².